The predicted molar refractivity (Wildman–Crippen MR) is 138 cm³/mol. The normalized spacial score (nSPS) is 13.9. The number of anilines is 1. The van der Waals surface area contributed by atoms with Crippen LogP contribution in [0.3, 0.4) is 0 Å². The summed E-state index contributed by atoms with van der Waals surface area (Å²) in [4.78, 5) is 7.35. The Bertz CT molecular complexity index is 918. The number of likely N-dealkylation sites (tertiary alicyclic amines) is 1. The Morgan fingerprint density at radius 3 is 2.31 bits per heavy atom. The highest BCUT2D eigenvalue weighted by molar-refractivity contribution is 5.86. The second-order valence-electron chi connectivity index (χ2n) is 7.50. The number of hydrogen-bond acceptors (Lipinski definition) is 4. The Morgan fingerprint density at radius 1 is 1.00 bits per heavy atom. The highest BCUT2D eigenvalue weighted by atomic mass is 35.5. The van der Waals surface area contributed by atoms with E-state index in [2.05, 4.69) is 26.2 Å². The van der Waals surface area contributed by atoms with E-state index < -0.39 is 0 Å². The van der Waals surface area contributed by atoms with E-state index in [1.54, 1.807) is 0 Å². The maximum absolute atomic E-state index is 13.3. The van der Waals surface area contributed by atoms with E-state index in [1.807, 2.05) is 37.4 Å². The zero-order chi connectivity index (χ0) is 19.3. The van der Waals surface area contributed by atoms with Gasteiger partial charge in [0.2, 0.25) is 5.95 Å². The number of hydrogen-bond donors (Lipinski definition) is 2. The van der Waals surface area contributed by atoms with Gasteiger partial charge in [-0.05, 0) is 49.7 Å². The predicted octanol–water partition coefficient (Wildman–Crippen LogP) is 3.76. The van der Waals surface area contributed by atoms with E-state index in [1.165, 1.54) is 12.1 Å². The number of halogens is 4. The monoisotopic (exact) mass is 507 g/mol. The molecule has 0 bridgehead atoms. The topological polar surface area (TPSA) is 76.6 Å². The molecule has 2 heterocycles. The summed E-state index contributed by atoms with van der Waals surface area (Å²) < 4.78 is 15.5. The summed E-state index contributed by atoms with van der Waals surface area (Å²) in [5.74, 6) is 0.696. The number of fused-ring (bicyclic) bond motifs is 1. The van der Waals surface area contributed by atoms with Crippen LogP contribution in [0.4, 0.5) is 10.3 Å². The first-order chi connectivity index (χ1) is 13.7. The molecule has 0 aliphatic carbocycles. The van der Waals surface area contributed by atoms with Crippen LogP contribution in [0, 0.1) is 5.82 Å². The smallest absolute Gasteiger partial charge is 0.204 e. The van der Waals surface area contributed by atoms with Gasteiger partial charge < -0.3 is 25.6 Å². The van der Waals surface area contributed by atoms with Gasteiger partial charge in [-0.2, -0.15) is 0 Å². The first-order valence-corrected chi connectivity index (χ1v) is 10.1. The molecule has 1 saturated heterocycles. The minimum Gasteiger partial charge on any atom is -0.412 e. The van der Waals surface area contributed by atoms with E-state index in [0.29, 0.717) is 12.6 Å². The van der Waals surface area contributed by atoms with Gasteiger partial charge in [-0.1, -0.05) is 24.3 Å². The van der Waals surface area contributed by atoms with Gasteiger partial charge in [0.05, 0.1) is 17.6 Å². The Morgan fingerprint density at radius 2 is 1.66 bits per heavy atom. The average molecular weight is 509 g/mol. The van der Waals surface area contributed by atoms with Crippen molar-refractivity contribution in [2.45, 2.75) is 25.4 Å². The molecular weight excluding hydrogens is 476 g/mol. The van der Waals surface area contributed by atoms with Gasteiger partial charge in [0.15, 0.2) is 0 Å². The number of nitrogens with one attached hydrogen (secondary N) is 2. The van der Waals surface area contributed by atoms with Crippen molar-refractivity contribution < 1.29 is 9.87 Å². The van der Waals surface area contributed by atoms with Gasteiger partial charge in [-0.15, -0.1) is 37.2 Å². The second-order valence-corrected chi connectivity index (χ2v) is 7.50. The van der Waals surface area contributed by atoms with E-state index in [-0.39, 0.29) is 48.5 Å². The third-order valence-electron chi connectivity index (χ3n) is 5.51. The van der Waals surface area contributed by atoms with E-state index in [4.69, 9.17) is 4.98 Å². The third-order valence-corrected chi connectivity index (χ3v) is 5.51. The minimum absolute atomic E-state index is 0. The molecule has 1 fully saturated rings. The molecule has 3 aromatic rings. The Labute approximate surface area is 207 Å². The van der Waals surface area contributed by atoms with Crippen LogP contribution in [0.5, 0.6) is 0 Å². The number of nitrogens with zero attached hydrogens (tertiary/aromatic N) is 3. The van der Waals surface area contributed by atoms with E-state index in [0.717, 1.165) is 61.6 Å². The van der Waals surface area contributed by atoms with Crippen molar-refractivity contribution in [3.05, 3.63) is 59.9 Å². The molecule has 1 aliphatic heterocycles. The number of likely N-dealkylation sites (N-methyl/N-ethyl adjacent to an activating group) is 1. The van der Waals surface area contributed by atoms with Crippen LogP contribution in [0.15, 0.2) is 48.5 Å². The molecule has 0 atom stereocenters. The Kier molecular flexibility index (Phi) is 13.8. The molecular formula is C22H33Cl3FN5O. The molecule has 1 aromatic heterocycles. The lowest BCUT2D eigenvalue weighted by molar-refractivity contribution is 0.220. The number of benzene rings is 2. The van der Waals surface area contributed by atoms with Crippen molar-refractivity contribution in [3.63, 3.8) is 0 Å². The fourth-order valence-corrected chi connectivity index (χ4v) is 3.87. The van der Waals surface area contributed by atoms with Crippen LogP contribution in [-0.4, -0.2) is 59.2 Å². The van der Waals surface area contributed by atoms with Crippen LogP contribution < -0.4 is 10.6 Å². The van der Waals surface area contributed by atoms with Crippen molar-refractivity contribution in [3.8, 4) is 0 Å². The molecule has 0 spiro atoms. The number of imidazole rings is 1. The van der Waals surface area contributed by atoms with E-state index in [9.17, 15) is 4.39 Å². The molecule has 10 heteroatoms. The molecule has 4 rings (SSSR count). The van der Waals surface area contributed by atoms with Crippen LogP contribution in [0.25, 0.3) is 11.0 Å². The van der Waals surface area contributed by atoms with Gasteiger partial charge in [0, 0.05) is 32.2 Å². The highest BCUT2D eigenvalue weighted by Gasteiger charge is 2.21. The SMILES string of the molecule is CNCCN1CCC(Nc2nc3ccccc3n2Cc2ccc(F)cc2)CC1.Cl.Cl.Cl.O. The lowest BCUT2D eigenvalue weighted by atomic mass is 10.1. The highest BCUT2D eigenvalue weighted by Crippen LogP contribution is 2.24. The summed E-state index contributed by atoms with van der Waals surface area (Å²) in [6, 6.07) is 15.3. The van der Waals surface area contributed by atoms with Crippen LogP contribution in [0.2, 0.25) is 0 Å². The zero-order valence-corrected chi connectivity index (χ0v) is 20.5. The number of piperidine rings is 1. The summed E-state index contributed by atoms with van der Waals surface area (Å²) in [6.45, 7) is 5.02. The largest absolute Gasteiger partial charge is 0.412 e. The molecule has 0 unspecified atom stereocenters. The standard InChI is InChI=1S/C22H28FN5.3ClH.H2O/c1-24-12-15-27-13-10-19(11-14-27)25-22-26-20-4-2-3-5-21(20)28(22)16-17-6-8-18(23)9-7-17;;;;/h2-9,19,24H,10-16H2,1H3,(H,25,26);3*1H;1H2. The molecule has 180 valence electrons. The quantitative estimate of drug-likeness (QED) is 0.509. The second kappa shape index (κ2) is 14.5. The van der Waals surface area contributed by atoms with Gasteiger partial charge >= 0.3 is 0 Å². The average Bonchev–Trinajstić information content (AvgIpc) is 3.06. The zero-order valence-electron chi connectivity index (χ0n) is 18.1. The summed E-state index contributed by atoms with van der Waals surface area (Å²) in [5, 5.41) is 6.90. The minimum atomic E-state index is -0.206. The summed E-state index contributed by atoms with van der Waals surface area (Å²) in [6.07, 6.45) is 2.23. The molecule has 0 radical (unpaired) electrons. The van der Waals surface area contributed by atoms with E-state index >= 15 is 0 Å². The van der Waals surface area contributed by atoms with Gasteiger partial charge in [0.25, 0.3) is 0 Å². The Balaban J connectivity index is 0.00000240. The van der Waals surface area contributed by atoms with Crippen LogP contribution >= 0.6 is 37.2 Å². The van der Waals surface area contributed by atoms with Crippen LogP contribution in [0.1, 0.15) is 18.4 Å². The van der Waals surface area contributed by atoms with Gasteiger partial charge in [-0.3, -0.25) is 0 Å². The molecule has 0 saturated carbocycles. The first kappa shape index (κ1) is 30.4. The first-order valence-electron chi connectivity index (χ1n) is 10.1. The number of rotatable bonds is 7. The van der Waals surface area contributed by atoms with Crippen molar-refractivity contribution in [2.24, 2.45) is 0 Å². The molecule has 0 amide bonds. The molecule has 6 nitrogen and oxygen atoms in total. The third kappa shape index (κ3) is 7.47. The fourth-order valence-electron chi connectivity index (χ4n) is 3.87. The summed E-state index contributed by atoms with van der Waals surface area (Å²) in [5.41, 5.74) is 3.15. The Hall–Kier alpha value is -1.61. The van der Waals surface area contributed by atoms with Gasteiger partial charge in [0.1, 0.15) is 5.82 Å². The van der Waals surface area contributed by atoms with Crippen molar-refractivity contribution >= 4 is 54.2 Å². The molecule has 1 aliphatic rings. The molecule has 2 aromatic carbocycles. The van der Waals surface area contributed by atoms with Crippen molar-refractivity contribution in [2.75, 3.05) is 38.5 Å². The number of aromatic nitrogens is 2. The lowest BCUT2D eigenvalue weighted by Gasteiger charge is -2.32. The fraction of sp³-hybridized carbons (Fsp3) is 0.409. The maximum Gasteiger partial charge on any atom is 0.204 e. The summed E-state index contributed by atoms with van der Waals surface area (Å²) >= 11 is 0. The van der Waals surface area contributed by atoms with Crippen LogP contribution in [-0.2, 0) is 6.54 Å². The lowest BCUT2D eigenvalue weighted by Crippen LogP contribution is -2.41. The molecule has 4 N–H and O–H groups in total. The van der Waals surface area contributed by atoms with Gasteiger partial charge in [-0.25, -0.2) is 9.37 Å². The maximum atomic E-state index is 13.3. The number of para-hydroxylation sites is 2. The molecule has 32 heavy (non-hydrogen) atoms. The van der Waals surface area contributed by atoms with Crippen molar-refractivity contribution in [1.82, 2.24) is 19.8 Å². The van der Waals surface area contributed by atoms with Crippen molar-refractivity contribution in [1.29, 1.82) is 0 Å². The summed E-state index contributed by atoms with van der Waals surface area (Å²) in [7, 11) is 2.00.